The third-order valence-corrected chi connectivity index (χ3v) is 5.82. The minimum absolute atomic E-state index is 0.169. The zero-order chi connectivity index (χ0) is 20.2. The highest BCUT2D eigenvalue weighted by molar-refractivity contribution is 5.93. The monoisotopic (exact) mass is 388 g/mol. The Bertz CT molecular complexity index is 816. The Morgan fingerprint density at radius 2 is 2.07 bits per heavy atom. The molecule has 1 amide bonds. The first-order valence-electron chi connectivity index (χ1n) is 9.87. The molecule has 2 fully saturated rings. The largest absolute Gasteiger partial charge is 0.457 e. The summed E-state index contributed by atoms with van der Waals surface area (Å²) in [5.41, 5.74) is 2.74. The van der Waals surface area contributed by atoms with Crippen molar-refractivity contribution in [1.29, 1.82) is 0 Å². The van der Waals surface area contributed by atoms with Gasteiger partial charge in [-0.3, -0.25) is 4.90 Å². The van der Waals surface area contributed by atoms with Gasteiger partial charge in [-0.25, -0.2) is 9.59 Å². The third-order valence-electron chi connectivity index (χ3n) is 5.82. The number of esters is 1. The minimum atomic E-state index is -0.643. The maximum absolute atomic E-state index is 12.4. The number of piperazine rings is 1. The van der Waals surface area contributed by atoms with E-state index in [1.807, 2.05) is 38.7 Å². The molecule has 2 aliphatic heterocycles. The van der Waals surface area contributed by atoms with Gasteiger partial charge < -0.3 is 19.5 Å². The van der Waals surface area contributed by atoms with Crippen LogP contribution < -0.4 is 0 Å². The number of amides is 1. The molecule has 3 aliphatic rings. The van der Waals surface area contributed by atoms with Gasteiger partial charge in [0.25, 0.3) is 0 Å². The fraction of sp³-hybridized carbons (Fsp3) is 0.619. The van der Waals surface area contributed by atoms with Crippen LogP contribution in [0.2, 0.25) is 0 Å². The fourth-order valence-corrected chi connectivity index (χ4v) is 4.29. The zero-order valence-corrected chi connectivity index (χ0v) is 16.9. The summed E-state index contributed by atoms with van der Waals surface area (Å²) in [6.45, 7) is 9.66. The van der Waals surface area contributed by atoms with Crippen LogP contribution in [-0.4, -0.2) is 64.3 Å². The number of benzene rings is 1. The number of hydrogen-bond donors (Lipinski definition) is 1. The number of cyclic esters (lactones) is 1. The second-order valence-corrected chi connectivity index (χ2v) is 8.94. The van der Waals surface area contributed by atoms with E-state index in [0.29, 0.717) is 25.2 Å². The second-order valence-electron chi connectivity index (χ2n) is 8.94. The molecule has 0 spiro atoms. The van der Waals surface area contributed by atoms with Gasteiger partial charge in [0.1, 0.15) is 12.2 Å². The lowest BCUT2D eigenvalue weighted by atomic mass is 9.95. The fourth-order valence-electron chi connectivity index (χ4n) is 4.29. The molecule has 0 aromatic heterocycles. The van der Waals surface area contributed by atoms with Gasteiger partial charge >= 0.3 is 12.1 Å². The van der Waals surface area contributed by atoms with Crippen molar-refractivity contribution in [2.75, 3.05) is 19.6 Å². The summed E-state index contributed by atoms with van der Waals surface area (Å²) in [5.74, 6) is -0.293. The Morgan fingerprint density at radius 3 is 2.79 bits per heavy atom. The number of rotatable bonds is 3. The molecule has 0 radical (unpaired) electrons. The molecular weight excluding hydrogens is 360 g/mol. The molecule has 1 aromatic carbocycles. The summed E-state index contributed by atoms with van der Waals surface area (Å²) in [4.78, 5) is 28.2. The van der Waals surface area contributed by atoms with Crippen LogP contribution in [0.4, 0.5) is 4.79 Å². The standard InChI is InChI=1S/C21H28N2O5/c1-12-13(5-6-14-15(12)11-27-19(14)25)18(24)10-22-7-8-23(17-9-16(17)22)20(26)28-21(2,3)4/h5-6,16-18,24H,7-11H2,1-4H3/t16-,17+,18-/m0/s1. The van der Waals surface area contributed by atoms with Gasteiger partial charge in [-0.05, 0) is 51.3 Å². The van der Waals surface area contributed by atoms with Crippen LogP contribution in [0.5, 0.6) is 0 Å². The molecule has 1 N–H and O–H groups in total. The average molecular weight is 388 g/mol. The van der Waals surface area contributed by atoms with Crippen LogP contribution in [0.3, 0.4) is 0 Å². The van der Waals surface area contributed by atoms with Crippen molar-refractivity contribution in [3.63, 3.8) is 0 Å². The molecule has 7 nitrogen and oxygen atoms in total. The summed E-state index contributed by atoms with van der Waals surface area (Å²) in [5, 5.41) is 10.8. The number of hydrogen-bond acceptors (Lipinski definition) is 6. The van der Waals surface area contributed by atoms with E-state index in [4.69, 9.17) is 9.47 Å². The molecule has 1 saturated carbocycles. The lowest BCUT2D eigenvalue weighted by molar-refractivity contribution is 0.00881. The first-order valence-corrected chi connectivity index (χ1v) is 9.87. The molecule has 1 aliphatic carbocycles. The SMILES string of the molecule is Cc1c([C@@H](O)CN2CCN(C(=O)OC(C)(C)C)[C@@H]3C[C@@H]32)ccc2c1COC2=O. The summed E-state index contributed by atoms with van der Waals surface area (Å²) in [6, 6.07) is 4.02. The molecular formula is C21H28N2O5. The normalized spacial score (nSPS) is 25.0. The molecule has 0 unspecified atom stereocenters. The van der Waals surface area contributed by atoms with Gasteiger partial charge in [-0.2, -0.15) is 0 Å². The van der Waals surface area contributed by atoms with E-state index in [-0.39, 0.29) is 30.8 Å². The van der Waals surface area contributed by atoms with Gasteiger partial charge in [0, 0.05) is 31.2 Å². The molecule has 152 valence electrons. The van der Waals surface area contributed by atoms with Gasteiger partial charge in [-0.15, -0.1) is 0 Å². The van der Waals surface area contributed by atoms with Crippen LogP contribution in [0.25, 0.3) is 0 Å². The highest BCUT2D eigenvalue weighted by Gasteiger charge is 2.51. The molecule has 0 bridgehead atoms. The summed E-state index contributed by atoms with van der Waals surface area (Å²) < 4.78 is 10.6. The zero-order valence-electron chi connectivity index (χ0n) is 16.9. The molecule has 2 heterocycles. The van der Waals surface area contributed by atoms with Gasteiger partial charge in [0.15, 0.2) is 0 Å². The Labute approximate surface area is 165 Å². The molecule has 1 saturated heterocycles. The maximum Gasteiger partial charge on any atom is 0.410 e. The van der Waals surface area contributed by atoms with E-state index < -0.39 is 11.7 Å². The Morgan fingerprint density at radius 1 is 1.32 bits per heavy atom. The lowest BCUT2D eigenvalue weighted by Crippen LogP contribution is -2.50. The van der Waals surface area contributed by atoms with Crippen molar-refractivity contribution in [2.45, 2.75) is 64.5 Å². The second kappa shape index (κ2) is 6.74. The predicted molar refractivity (Wildman–Crippen MR) is 102 cm³/mol. The van der Waals surface area contributed by atoms with Crippen molar-refractivity contribution >= 4 is 12.1 Å². The molecule has 1 aromatic rings. The quantitative estimate of drug-likeness (QED) is 0.801. The maximum atomic E-state index is 12.4. The number of aliphatic hydroxyl groups excluding tert-OH is 1. The molecule has 7 heteroatoms. The van der Waals surface area contributed by atoms with Gasteiger partial charge in [0.05, 0.1) is 17.7 Å². The summed E-state index contributed by atoms with van der Waals surface area (Å²) >= 11 is 0. The first-order chi connectivity index (χ1) is 13.2. The number of β-amino-alcohol motifs (C(OH)–C–C–N with tert-alkyl or cyclic N) is 1. The molecule has 3 atom stereocenters. The van der Waals surface area contributed by atoms with Crippen molar-refractivity contribution in [2.24, 2.45) is 0 Å². The highest BCUT2D eigenvalue weighted by Crippen LogP contribution is 2.39. The Balaban J connectivity index is 1.40. The number of nitrogens with zero attached hydrogens (tertiary/aromatic N) is 2. The number of aliphatic hydroxyl groups is 1. The lowest BCUT2D eigenvalue weighted by Gasteiger charge is -2.36. The van der Waals surface area contributed by atoms with Crippen LogP contribution in [0.15, 0.2) is 12.1 Å². The number of carbonyl (C=O) groups is 2. The van der Waals surface area contributed by atoms with E-state index in [9.17, 15) is 14.7 Å². The average Bonchev–Trinajstić information content (AvgIpc) is 3.31. The van der Waals surface area contributed by atoms with Crippen molar-refractivity contribution in [3.8, 4) is 0 Å². The van der Waals surface area contributed by atoms with Crippen molar-refractivity contribution < 1.29 is 24.2 Å². The predicted octanol–water partition coefficient (Wildman–Crippen LogP) is 2.39. The Hall–Kier alpha value is -2.12. The van der Waals surface area contributed by atoms with E-state index in [0.717, 1.165) is 23.1 Å². The van der Waals surface area contributed by atoms with E-state index in [1.54, 1.807) is 6.07 Å². The highest BCUT2D eigenvalue weighted by atomic mass is 16.6. The first kappa shape index (κ1) is 19.2. The Kier molecular flexibility index (Phi) is 4.62. The van der Waals surface area contributed by atoms with E-state index in [1.165, 1.54) is 0 Å². The van der Waals surface area contributed by atoms with E-state index >= 15 is 0 Å². The number of carbonyl (C=O) groups excluding carboxylic acids is 2. The van der Waals surface area contributed by atoms with Gasteiger partial charge in [0.2, 0.25) is 0 Å². The smallest absolute Gasteiger partial charge is 0.410 e. The van der Waals surface area contributed by atoms with E-state index in [2.05, 4.69) is 4.90 Å². The van der Waals surface area contributed by atoms with Crippen LogP contribution in [-0.2, 0) is 16.1 Å². The molecule has 4 rings (SSSR count). The van der Waals surface area contributed by atoms with Crippen molar-refractivity contribution in [1.82, 2.24) is 9.80 Å². The number of fused-ring (bicyclic) bond motifs is 2. The van der Waals surface area contributed by atoms with Crippen molar-refractivity contribution in [3.05, 3.63) is 34.4 Å². The minimum Gasteiger partial charge on any atom is -0.457 e. The van der Waals surface area contributed by atoms with Crippen LogP contribution in [0, 0.1) is 6.92 Å². The van der Waals surface area contributed by atoms with Gasteiger partial charge in [-0.1, -0.05) is 6.07 Å². The third kappa shape index (κ3) is 3.49. The number of ether oxygens (including phenoxy) is 2. The summed E-state index contributed by atoms with van der Waals surface area (Å²) in [7, 11) is 0. The van der Waals surface area contributed by atoms with Crippen LogP contribution in [0.1, 0.15) is 60.3 Å². The summed E-state index contributed by atoms with van der Waals surface area (Å²) in [6.07, 6.45) is 0.0203. The molecule has 28 heavy (non-hydrogen) atoms. The topological polar surface area (TPSA) is 79.3 Å². The van der Waals surface area contributed by atoms with Crippen LogP contribution >= 0.6 is 0 Å².